The number of methoxy groups -OCH3 is 1. The monoisotopic (exact) mass is 268 g/mol. The Bertz CT molecular complexity index is 430. The van der Waals surface area contributed by atoms with Crippen LogP contribution in [0.2, 0.25) is 0 Å². The lowest BCUT2D eigenvalue weighted by atomic mass is 9.92. The maximum atomic E-state index is 11.3. The SMILES string of the molecule is COC(=O)c1cc(O[C@@H]2CCCC[C@H]2N(C)C)no1. The van der Waals surface area contributed by atoms with Gasteiger partial charge in [0.05, 0.1) is 13.2 Å². The predicted molar refractivity (Wildman–Crippen MR) is 68.2 cm³/mol. The molecule has 6 heteroatoms. The van der Waals surface area contributed by atoms with Crippen molar-refractivity contribution in [1.82, 2.24) is 10.1 Å². The lowest BCUT2D eigenvalue weighted by molar-refractivity contribution is 0.0537. The molecule has 0 N–H and O–H groups in total. The summed E-state index contributed by atoms with van der Waals surface area (Å²) in [7, 11) is 5.40. The molecule has 1 aliphatic rings. The van der Waals surface area contributed by atoms with Crippen LogP contribution in [0.5, 0.6) is 5.88 Å². The third-order valence-corrected chi connectivity index (χ3v) is 3.48. The molecule has 0 amide bonds. The first kappa shape index (κ1) is 13.9. The van der Waals surface area contributed by atoms with Crippen LogP contribution in [-0.4, -0.2) is 49.4 Å². The molecular weight excluding hydrogens is 248 g/mol. The Morgan fingerprint density at radius 2 is 2.16 bits per heavy atom. The van der Waals surface area contributed by atoms with E-state index in [1.807, 2.05) is 0 Å². The molecule has 1 saturated carbocycles. The Morgan fingerprint density at radius 3 is 2.84 bits per heavy atom. The minimum absolute atomic E-state index is 0.0645. The van der Waals surface area contributed by atoms with Crippen molar-refractivity contribution in [3.63, 3.8) is 0 Å². The number of carbonyl (C=O) groups is 1. The maximum Gasteiger partial charge on any atom is 0.377 e. The smallest absolute Gasteiger partial charge is 0.377 e. The number of likely N-dealkylation sites (N-methyl/N-ethyl adjacent to an activating group) is 1. The number of nitrogens with zero attached hydrogens (tertiary/aromatic N) is 2. The van der Waals surface area contributed by atoms with Gasteiger partial charge in [-0.25, -0.2) is 4.79 Å². The largest absolute Gasteiger partial charge is 0.471 e. The molecule has 0 spiro atoms. The van der Waals surface area contributed by atoms with Crippen molar-refractivity contribution in [2.75, 3.05) is 21.2 Å². The number of rotatable bonds is 4. The molecule has 0 bridgehead atoms. The van der Waals surface area contributed by atoms with E-state index in [4.69, 9.17) is 9.26 Å². The average Bonchev–Trinajstić information content (AvgIpc) is 2.86. The predicted octanol–water partition coefficient (Wildman–Crippen LogP) is 1.71. The van der Waals surface area contributed by atoms with Crippen molar-refractivity contribution < 1.29 is 18.8 Å². The third kappa shape index (κ3) is 3.26. The Morgan fingerprint density at radius 1 is 1.42 bits per heavy atom. The maximum absolute atomic E-state index is 11.3. The number of ether oxygens (including phenoxy) is 2. The molecule has 1 aromatic rings. The van der Waals surface area contributed by atoms with Gasteiger partial charge in [-0.3, -0.25) is 0 Å². The second-order valence-corrected chi connectivity index (χ2v) is 4.99. The number of aromatic nitrogens is 1. The van der Waals surface area contributed by atoms with Gasteiger partial charge in [-0.15, -0.1) is 0 Å². The van der Waals surface area contributed by atoms with E-state index in [0.29, 0.717) is 11.9 Å². The Balaban J connectivity index is 2.02. The van der Waals surface area contributed by atoms with Gasteiger partial charge >= 0.3 is 5.97 Å². The second-order valence-electron chi connectivity index (χ2n) is 4.99. The van der Waals surface area contributed by atoms with Crippen molar-refractivity contribution in [2.24, 2.45) is 0 Å². The first-order valence-electron chi connectivity index (χ1n) is 6.50. The zero-order valence-electron chi connectivity index (χ0n) is 11.6. The van der Waals surface area contributed by atoms with E-state index in [1.54, 1.807) is 0 Å². The molecule has 2 atom stereocenters. The van der Waals surface area contributed by atoms with Crippen molar-refractivity contribution in [3.8, 4) is 5.88 Å². The highest BCUT2D eigenvalue weighted by Gasteiger charge is 2.29. The van der Waals surface area contributed by atoms with Gasteiger partial charge in [-0.05, 0) is 38.5 Å². The van der Waals surface area contributed by atoms with Gasteiger partial charge in [0.2, 0.25) is 5.76 Å². The zero-order chi connectivity index (χ0) is 13.8. The molecule has 0 radical (unpaired) electrons. The number of hydrogen-bond donors (Lipinski definition) is 0. The van der Waals surface area contributed by atoms with Crippen LogP contribution in [0.4, 0.5) is 0 Å². The van der Waals surface area contributed by atoms with E-state index in [1.165, 1.54) is 19.6 Å². The highest BCUT2D eigenvalue weighted by atomic mass is 16.6. The normalized spacial score (nSPS) is 23.4. The molecule has 0 saturated heterocycles. The summed E-state index contributed by atoms with van der Waals surface area (Å²) in [5.41, 5.74) is 0. The molecule has 1 aliphatic carbocycles. The minimum atomic E-state index is -0.546. The fraction of sp³-hybridized carbons (Fsp3) is 0.692. The van der Waals surface area contributed by atoms with E-state index in [9.17, 15) is 4.79 Å². The summed E-state index contributed by atoms with van der Waals surface area (Å²) >= 11 is 0. The highest BCUT2D eigenvalue weighted by molar-refractivity contribution is 5.86. The summed E-state index contributed by atoms with van der Waals surface area (Å²) in [6.07, 6.45) is 4.55. The average molecular weight is 268 g/mol. The van der Waals surface area contributed by atoms with Crippen molar-refractivity contribution in [1.29, 1.82) is 0 Å². The molecular formula is C13H20N2O4. The summed E-state index contributed by atoms with van der Waals surface area (Å²) in [6.45, 7) is 0. The van der Waals surface area contributed by atoms with E-state index in [0.717, 1.165) is 19.3 Å². The molecule has 0 unspecified atom stereocenters. The van der Waals surface area contributed by atoms with Crippen molar-refractivity contribution >= 4 is 5.97 Å². The van der Waals surface area contributed by atoms with Gasteiger partial charge in [0.25, 0.3) is 5.88 Å². The standard InChI is InChI=1S/C13H20N2O4/c1-15(2)9-6-4-5-7-10(9)18-12-8-11(19-14-12)13(16)17-3/h8-10H,4-7H2,1-3H3/t9-,10-/m1/s1. The molecule has 0 aromatic carbocycles. The lowest BCUT2D eigenvalue weighted by Crippen LogP contribution is -2.44. The summed E-state index contributed by atoms with van der Waals surface area (Å²) in [4.78, 5) is 13.4. The molecule has 2 rings (SSSR count). The van der Waals surface area contributed by atoms with Crippen LogP contribution in [-0.2, 0) is 4.74 Å². The van der Waals surface area contributed by atoms with Crippen LogP contribution in [0.3, 0.4) is 0 Å². The van der Waals surface area contributed by atoms with Crippen LogP contribution in [0.1, 0.15) is 36.2 Å². The number of hydrogen-bond acceptors (Lipinski definition) is 6. The van der Waals surface area contributed by atoms with Gasteiger partial charge in [-0.1, -0.05) is 6.42 Å². The Hall–Kier alpha value is -1.56. The molecule has 0 aliphatic heterocycles. The molecule has 1 heterocycles. The topological polar surface area (TPSA) is 64.8 Å². The van der Waals surface area contributed by atoms with Gasteiger partial charge in [-0.2, -0.15) is 0 Å². The molecule has 1 fully saturated rings. The quantitative estimate of drug-likeness (QED) is 0.775. The highest BCUT2D eigenvalue weighted by Crippen LogP contribution is 2.26. The van der Waals surface area contributed by atoms with Crippen molar-refractivity contribution in [3.05, 3.63) is 11.8 Å². The summed E-state index contributed by atoms with van der Waals surface area (Å²) in [6, 6.07) is 1.85. The minimum Gasteiger partial charge on any atom is -0.471 e. The molecule has 19 heavy (non-hydrogen) atoms. The van der Waals surface area contributed by atoms with Crippen LogP contribution in [0.25, 0.3) is 0 Å². The van der Waals surface area contributed by atoms with Crippen molar-refractivity contribution in [2.45, 2.75) is 37.8 Å². The zero-order valence-corrected chi connectivity index (χ0v) is 11.6. The third-order valence-electron chi connectivity index (χ3n) is 3.48. The van der Waals surface area contributed by atoms with Gasteiger partial charge in [0, 0.05) is 6.04 Å². The van der Waals surface area contributed by atoms with Crippen LogP contribution in [0, 0.1) is 0 Å². The summed E-state index contributed by atoms with van der Waals surface area (Å²) in [5.74, 6) is -0.135. The van der Waals surface area contributed by atoms with Crippen LogP contribution in [0.15, 0.2) is 10.6 Å². The summed E-state index contributed by atoms with van der Waals surface area (Å²) < 4.78 is 15.3. The summed E-state index contributed by atoms with van der Waals surface area (Å²) in [5, 5.41) is 3.76. The van der Waals surface area contributed by atoms with Crippen LogP contribution < -0.4 is 4.74 Å². The first-order chi connectivity index (χ1) is 9.11. The van der Waals surface area contributed by atoms with E-state index in [2.05, 4.69) is 28.9 Å². The van der Waals surface area contributed by atoms with Gasteiger partial charge < -0.3 is 18.9 Å². The van der Waals surface area contributed by atoms with Gasteiger partial charge in [0.15, 0.2) is 0 Å². The fourth-order valence-electron chi connectivity index (χ4n) is 2.47. The fourth-order valence-corrected chi connectivity index (χ4v) is 2.47. The van der Waals surface area contributed by atoms with E-state index < -0.39 is 5.97 Å². The Labute approximate surface area is 112 Å². The molecule has 106 valence electrons. The van der Waals surface area contributed by atoms with E-state index in [-0.39, 0.29) is 11.9 Å². The molecule has 6 nitrogen and oxygen atoms in total. The second kappa shape index (κ2) is 6.06. The van der Waals surface area contributed by atoms with Gasteiger partial charge in [0.1, 0.15) is 6.10 Å². The first-order valence-corrected chi connectivity index (χ1v) is 6.50. The number of carbonyl (C=O) groups excluding carboxylic acids is 1. The Kier molecular flexibility index (Phi) is 4.42. The lowest BCUT2D eigenvalue weighted by Gasteiger charge is -2.35. The molecule has 1 aromatic heterocycles. The van der Waals surface area contributed by atoms with E-state index >= 15 is 0 Å². The van der Waals surface area contributed by atoms with Crippen LogP contribution >= 0.6 is 0 Å². The number of esters is 1.